The van der Waals surface area contributed by atoms with Crippen LogP contribution in [0.5, 0.6) is 11.5 Å². The van der Waals surface area contributed by atoms with Crippen molar-refractivity contribution < 1.29 is 14.6 Å². The van der Waals surface area contributed by atoms with E-state index in [1.165, 1.54) is 0 Å². The van der Waals surface area contributed by atoms with Gasteiger partial charge in [0, 0.05) is 38.1 Å². The fraction of sp³-hybridized carbons (Fsp3) is 0.550. The molecule has 0 amide bonds. The Morgan fingerprint density at radius 3 is 2.78 bits per heavy atom. The summed E-state index contributed by atoms with van der Waals surface area (Å²) in [5.74, 6) is 1.31. The number of aromatic nitrogens is 2. The summed E-state index contributed by atoms with van der Waals surface area (Å²) in [5, 5.41) is 17.7. The lowest BCUT2D eigenvalue weighted by Gasteiger charge is -2.24. The minimum absolute atomic E-state index is 0.231. The number of nitrogens with one attached hydrogen (secondary N) is 1. The molecule has 7 heteroatoms. The minimum Gasteiger partial charge on any atom is -0.493 e. The van der Waals surface area contributed by atoms with E-state index in [-0.39, 0.29) is 6.61 Å². The topological polar surface area (TPSA) is 71.8 Å². The van der Waals surface area contributed by atoms with E-state index < -0.39 is 6.10 Å². The molecule has 1 atom stereocenters. The molecule has 0 radical (unpaired) electrons. The van der Waals surface area contributed by atoms with Crippen LogP contribution in [0.1, 0.15) is 19.4 Å². The van der Waals surface area contributed by atoms with Crippen molar-refractivity contribution in [3.05, 3.63) is 42.2 Å². The van der Waals surface area contributed by atoms with Crippen LogP contribution in [-0.2, 0) is 13.1 Å². The first-order valence-corrected chi connectivity index (χ1v) is 9.35. The van der Waals surface area contributed by atoms with Gasteiger partial charge in [0.25, 0.3) is 0 Å². The average Bonchev–Trinajstić information content (AvgIpc) is 3.17. The van der Waals surface area contributed by atoms with E-state index in [2.05, 4.69) is 29.2 Å². The van der Waals surface area contributed by atoms with E-state index in [0.717, 1.165) is 25.2 Å². The normalized spacial score (nSPS) is 12.6. The molecule has 0 spiro atoms. The van der Waals surface area contributed by atoms with Gasteiger partial charge in [-0.3, -0.25) is 4.68 Å². The van der Waals surface area contributed by atoms with Gasteiger partial charge in [-0.15, -0.1) is 0 Å². The molecule has 1 aromatic carbocycles. The van der Waals surface area contributed by atoms with E-state index in [4.69, 9.17) is 9.47 Å². The Bertz CT molecular complexity index is 661. The van der Waals surface area contributed by atoms with Crippen molar-refractivity contribution in [3.8, 4) is 11.5 Å². The summed E-state index contributed by atoms with van der Waals surface area (Å²) >= 11 is 0. The molecule has 0 saturated carbocycles. The molecule has 27 heavy (non-hydrogen) atoms. The molecule has 0 aliphatic carbocycles. The van der Waals surface area contributed by atoms with Crippen molar-refractivity contribution in [3.63, 3.8) is 0 Å². The molecule has 1 unspecified atom stereocenters. The number of rotatable bonds is 12. The van der Waals surface area contributed by atoms with E-state index in [9.17, 15) is 5.11 Å². The molecule has 0 fully saturated rings. The number of methoxy groups -OCH3 is 1. The Morgan fingerprint density at radius 2 is 2.11 bits per heavy atom. The Hall–Kier alpha value is -2.09. The van der Waals surface area contributed by atoms with E-state index in [1.807, 2.05) is 42.2 Å². The largest absolute Gasteiger partial charge is 0.493 e. The predicted molar refractivity (Wildman–Crippen MR) is 106 cm³/mol. The lowest BCUT2D eigenvalue weighted by molar-refractivity contribution is 0.0668. The molecule has 0 aliphatic heterocycles. The number of nitrogens with zero attached hydrogens (tertiary/aromatic N) is 3. The summed E-state index contributed by atoms with van der Waals surface area (Å²) in [6, 6.07) is 8.16. The number of hydrogen-bond donors (Lipinski definition) is 2. The molecule has 0 bridgehead atoms. The maximum absolute atomic E-state index is 10.1. The quantitative estimate of drug-likeness (QED) is 0.550. The maximum atomic E-state index is 10.1. The third-order valence-electron chi connectivity index (χ3n) is 4.45. The van der Waals surface area contributed by atoms with Gasteiger partial charge in [-0.05, 0) is 44.7 Å². The van der Waals surface area contributed by atoms with Crippen molar-refractivity contribution in [2.45, 2.75) is 39.1 Å². The third-order valence-corrected chi connectivity index (χ3v) is 4.45. The summed E-state index contributed by atoms with van der Waals surface area (Å²) < 4.78 is 13.1. The summed E-state index contributed by atoms with van der Waals surface area (Å²) in [7, 11) is 3.61. The van der Waals surface area contributed by atoms with Crippen LogP contribution >= 0.6 is 0 Å². The van der Waals surface area contributed by atoms with E-state index >= 15 is 0 Å². The minimum atomic E-state index is -0.550. The van der Waals surface area contributed by atoms with Gasteiger partial charge in [-0.1, -0.05) is 6.07 Å². The summed E-state index contributed by atoms with van der Waals surface area (Å²) in [6.45, 7) is 7.38. The zero-order valence-corrected chi connectivity index (χ0v) is 16.8. The third kappa shape index (κ3) is 7.21. The SMILES string of the molecule is COc1cc(CNCCn2cccn2)ccc1OCC(O)CN(C)C(C)C. The van der Waals surface area contributed by atoms with Crippen LogP contribution in [0.4, 0.5) is 0 Å². The van der Waals surface area contributed by atoms with Crippen molar-refractivity contribution in [2.75, 3.05) is 33.9 Å². The molecule has 2 aromatic rings. The second kappa shape index (κ2) is 10.9. The summed E-state index contributed by atoms with van der Waals surface area (Å²) in [4.78, 5) is 2.09. The molecular weight excluding hydrogens is 344 g/mol. The smallest absolute Gasteiger partial charge is 0.161 e. The number of aliphatic hydroxyl groups excluding tert-OH is 1. The van der Waals surface area contributed by atoms with Crippen LogP contribution in [-0.4, -0.2) is 65.8 Å². The molecule has 150 valence electrons. The highest BCUT2D eigenvalue weighted by molar-refractivity contribution is 5.43. The lowest BCUT2D eigenvalue weighted by atomic mass is 10.2. The van der Waals surface area contributed by atoms with Crippen LogP contribution in [0.15, 0.2) is 36.7 Å². The monoisotopic (exact) mass is 376 g/mol. The van der Waals surface area contributed by atoms with Gasteiger partial charge in [0.15, 0.2) is 11.5 Å². The first kappa shape index (κ1) is 21.2. The number of ether oxygens (including phenoxy) is 2. The van der Waals surface area contributed by atoms with Gasteiger partial charge in [0.1, 0.15) is 12.7 Å². The highest BCUT2D eigenvalue weighted by Crippen LogP contribution is 2.28. The first-order chi connectivity index (χ1) is 13.0. The molecular formula is C20H32N4O3. The Balaban J connectivity index is 1.80. The second-order valence-corrected chi connectivity index (χ2v) is 6.93. The lowest BCUT2D eigenvalue weighted by Crippen LogP contribution is -2.36. The van der Waals surface area contributed by atoms with Gasteiger partial charge in [0.05, 0.1) is 13.7 Å². The fourth-order valence-corrected chi connectivity index (χ4v) is 2.58. The molecule has 0 saturated heterocycles. The molecule has 0 aliphatic rings. The fourth-order valence-electron chi connectivity index (χ4n) is 2.58. The van der Waals surface area contributed by atoms with Crippen molar-refractivity contribution >= 4 is 0 Å². The zero-order chi connectivity index (χ0) is 19.6. The Labute approximate surface area is 161 Å². The van der Waals surface area contributed by atoms with Gasteiger partial charge >= 0.3 is 0 Å². The second-order valence-electron chi connectivity index (χ2n) is 6.93. The van der Waals surface area contributed by atoms with Crippen LogP contribution < -0.4 is 14.8 Å². The molecule has 2 N–H and O–H groups in total. The van der Waals surface area contributed by atoms with Gasteiger partial charge < -0.3 is 24.8 Å². The maximum Gasteiger partial charge on any atom is 0.161 e. The van der Waals surface area contributed by atoms with E-state index in [0.29, 0.717) is 24.1 Å². The number of aliphatic hydroxyl groups is 1. The van der Waals surface area contributed by atoms with Gasteiger partial charge in [-0.2, -0.15) is 5.10 Å². The van der Waals surface area contributed by atoms with Crippen molar-refractivity contribution in [1.82, 2.24) is 20.0 Å². The van der Waals surface area contributed by atoms with Crippen LogP contribution in [0, 0.1) is 0 Å². The Morgan fingerprint density at radius 1 is 1.30 bits per heavy atom. The number of hydrogen-bond acceptors (Lipinski definition) is 6. The van der Waals surface area contributed by atoms with Crippen molar-refractivity contribution in [2.24, 2.45) is 0 Å². The molecule has 1 aromatic heterocycles. The Kier molecular flexibility index (Phi) is 8.57. The van der Waals surface area contributed by atoms with Gasteiger partial charge in [0.2, 0.25) is 0 Å². The first-order valence-electron chi connectivity index (χ1n) is 9.35. The molecule has 7 nitrogen and oxygen atoms in total. The highest BCUT2D eigenvalue weighted by Gasteiger charge is 2.13. The number of benzene rings is 1. The van der Waals surface area contributed by atoms with Crippen molar-refractivity contribution in [1.29, 1.82) is 0 Å². The van der Waals surface area contributed by atoms with E-state index in [1.54, 1.807) is 13.3 Å². The summed E-state index contributed by atoms with van der Waals surface area (Å²) in [6.07, 6.45) is 3.18. The van der Waals surface area contributed by atoms with Crippen LogP contribution in [0.25, 0.3) is 0 Å². The predicted octanol–water partition coefficient (Wildman–Crippen LogP) is 1.76. The number of likely N-dealkylation sites (N-methyl/N-ethyl adjacent to an activating group) is 1. The molecule has 2 rings (SSSR count). The molecule has 1 heterocycles. The zero-order valence-electron chi connectivity index (χ0n) is 16.8. The summed E-state index contributed by atoms with van der Waals surface area (Å²) in [5.41, 5.74) is 1.11. The van der Waals surface area contributed by atoms with Gasteiger partial charge in [-0.25, -0.2) is 0 Å². The average molecular weight is 377 g/mol. The van der Waals surface area contributed by atoms with Crippen LogP contribution in [0.3, 0.4) is 0 Å². The highest BCUT2D eigenvalue weighted by atomic mass is 16.5. The standard InChI is InChI=1S/C20H32N4O3/c1-16(2)23(3)14-18(25)15-27-19-7-6-17(12-20(19)26-4)13-21-9-11-24-10-5-8-22-24/h5-8,10,12,16,18,21,25H,9,11,13-15H2,1-4H3. The van der Waals surface area contributed by atoms with Crippen LogP contribution in [0.2, 0.25) is 0 Å².